The number of esters is 1. The van der Waals surface area contributed by atoms with E-state index in [0.29, 0.717) is 11.0 Å². The Balaban J connectivity index is 2.15. The van der Waals surface area contributed by atoms with Gasteiger partial charge in [-0.15, -0.1) is 0 Å². The van der Waals surface area contributed by atoms with Crippen LogP contribution in [-0.2, 0) is 4.74 Å². The molecule has 0 spiro atoms. The number of fused-ring (bicyclic) bond motifs is 1. The Kier molecular flexibility index (Phi) is 4.16. The van der Waals surface area contributed by atoms with Gasteiger partial charge in [-0.25, -0.2) is 14.8 Å². The summed E-state index contributed by atoms with van der Waals surface area (Å²) in [6, 6.07) is 5.61. The standard InChI is InChI=1S/C16H13ClN4O2/c1-3-23-16(22)15-20-11-7-10(8-19-13(11)14(17)21-15)12-9(2)5-4-6-18-12/h4-8H,3H2,1-2H3. The third-order valence-electron chi connectivity index (χ3n) is 3.23. The molecule has 3 aromatic rings. The molecule has 3 rings (SSSR count). The Hall–Kier alpha value is -2.60. The molecule has 0 aliphatic heterocycles. The van der Waals surface area contributed by atoms with Crippen molar-refractivity contribution >= 4 is 28.6 Å². The van der Waals surface area contributed by atoms with Crippen LogP contribution in [-0.4, -0.2) is 32.5 Å². The van der Waals surface area contributed by atoms with Crippen LogP contribution in [0.25, 0.3) is 22.3 Å². The van der Waals surface area contributed by atoms with Crippen molar-refractivity contribution in [3.8, 4) is 11.3 Å². The van der Waals surface area contributed by atoms with Gasteiger partial charge in [0.25, 0.3) is 0 Å². The summed E-state index contributed by atoms with van der Waals surface area (Å²) in [6.07, 6.45) is 3.38. The normalized spacial score (nSPS) is 10.7. The van der Waals surface area contributed by atoms with Gasteiger partial charge in [-0.2, -0.15) is 0 Å². The molecule has 3 aromatic heterocycles. The molecule has 0 saturated heterocycles. The van der Waals surface area contributed by atoms with Gasteiger partial charge in [-0.3, -0.25) is 9.97 Å². The third-order valence-corrected chi connectivity index (χ3v) is 3.50. The maximum Gasteiger partial charge on any atom is 0.376 e. The Morgan fingerprint density at radius 3 is 2.87 bits per heavy atom. The second-order valence-electron chi connectivity index (χ2n) is 4.82. The van der Waals surface area contributed by atoms with Crippen LogP contribution in [0.5, 0.6) is 0 Å². The van der Waals surface area contributed by atoms with Gasteiger partial charge in [-0.1, -0.05) is 17.7 Å². The molecule has 0 aliphatic carbocycles. The van der Waals surface area contributed by atoms with Gasteiger partial charge in [0.1, 0.15) is 5.52 Å². The van der Waals surface area contributed by atoms with Crippen LogP contribution >= 0.6 is 11.6 Å². The minimum Gasteiger partial charge on any atom is -0.460 e. The van der Waals surface area contributed by atoms with E-state index >= 15 is 0 Å². The molecule has 0 amide bonds. The SMILES string of the molecule is CCOC(=O)c1nc(Cl)c2ncc(-c3ncccc3C)cc2n1. The smallest absolute Gasteiger partial charge is 0.376 e. The Bertz CT molecular complexity index is 898. The minimum absolute atomic E-state index is 0.0824. The van der Waals surface area contributed by atoms with E-state index in [4.69, 9.17) is 16.3 Å². The zero-order chi connectivity index (χ0) is 16.4. The fourth-order valence-corrected chi connectivity index (χ4v) is 2.41. The highest BCUT2D eigenvalue weighted by Crippen LogP contribution is 2.25. The summed E-state index contributed by atoms with van der Waals surface area (Å²) in [5.74, 6) is -0.697. The van der Waals surface area contributed by atoms with E-state index in [-0.39, 0.29) is 17.6 Å². The highest BCUT2D eigenvalue weighted by atomic mass is 35.5. The molecule has 0 radical (unpaired) electrons. The minimum atomic E-state index is -0.615. The number of hydrogen-bond acceptors (Lipinski definition) is 6. The van der Waals surface area contributed by atoms with Gasteiger partial charge in [0.2, 0.25) is 5.82 Å². The van der Waals surface area contributed by atoms with Crippen molar-refractivity contribution in [3.05, 3.63) is 47.1 Å². The van der Waals surface area contributed by atoms with Gasteiger partial charge < -0.3 is 4.74 Å². The van der Waals surface area contributed by atoms with E-state index in [9.17, 15) is 4.79 Å². The number of carbonyl (C=O) groups excluding carboxylic acids is 1. The molecule has 0 fully saturated rings. The van der Waals surface area contributed by atoms with Crippen molar-refractivity contribution < 1.29 is 9.53 Å². The van der Waals surface area contributed by atoms with E-state index < -0.39 is 5.97 Å². The lowest BCUT2D eigenvalue weighted by atomic mass is 10.1. The van der Waals surface area contributed by atoms with Crippen LogP contribution in [0.2, 0.25) is 5.15 Å². The van der Waals surface area contributed by atoms with Crippen molar-refractivity contribution in [3.63, 3.8) is 0 Å². The molecule has 0 unspecified atom stereocenters. The summed E-state index contributed by atoms with van der Waals surface area (Å²) in [7, 11) is 0. The van der Waals surface area contributed by atoms with Crippen LogP contribution in [0, 0.1) is 6.92 Å². The average molecular weight is 329 g/mol. The third kappa shape index (κ3) is 2.98. The molecule has 0 saturated carbocycles. The number of nitrogens with zero attached hydrogens (tertiary/aromatic N) is 4. The first kappa shape index (κ1) is 15.3. The first-order chi connectivity index (χ1) is 11.1. The van der Waals surface area contributed by atoms with Gasteiger partial charge in [0, 0.05) is 18.0 Å². The van der Waals surface area contributed by atoms with Gasteiger partial charge in [-0.05, 0) is 31.5 Å². The zero-order valence-electron chi connectivity index (χ0n) is 12.6. The molecule has 0 N–H and O–H groups in total. The molecule has 116 valence electrons. The Morgan fingerprint density at radius 2 is 2.13 bits per heavy atom. The average Bonchev–Trinajstić information content (AvgIpc) is 2.55. The highest BCUT2D eigenvalue weighted by Gasteiger charge is 2.16. The number of rotatable bonds is 3. The number of aryl methyl sites for hydroxylation is 1. The van der Waals surface area contributed by atoms with Crippen LogP contribution in [0.4, 0.5) is 0 Å². The van der Waals surface area contributed by atoms with E-state index in [1.54, 1.807) is 25.4 Å². The van der Waals surface area contributed by atoms with Crippen molar-refractivity contribution in [2.45, 2.75) is 13.8 Å². The molecule has 7 heteroatoms. The Labute approximate surface area is 137 Å². The van der Waals surface area contributed by atoms with Gasteiger partial charge in [0.05, 0.1) is 17.8 Å². The largest absolute Gasteiger partial charge is 0.460 e. The summed E-state index contributed by atoms with van der Waals surface area (Å²) >= 11 is 6.10. The Morgan fingerprint density at radius 1 is 1.30 bits per heavy atom. The first-order valence-corrected chi connectivity index (χ1v) is 7.40. The highest BCUT2D eigenvalue weighted by molar-refractivity contribution is 6.33. The van der Waals surface area contributed by atoms with E-state index in [1.807, 2.05) is 19.1 Å². The fourth-order valence-electron chi connectivity index (χ4n) is 2.19. The van der Waals surface area contributed by atoms with Crippen LogP contribution in [0.3, 0.4) is 0 Å². The number of ether oxygens (including phenoxy) is 1. The topological polar surface area (TPSA) is 77.9 Å². The lowest BCUT2D eigenvalue weighted by Gasteiger charge is -2.07. The summed E-state index contributed by atoms with van der Waals surface area (Å²) in [5, 5.41) is 0.113. The molecule has 0 bridgehead atoms. The van der Waals surface area contributed by atoms with Gasteiger partial charge in [0.15, 0.2) is 5.15 Å². The number of halogens is 1. The van der Waals surface area contributed by atoms with Gasteiger partial charge >= 0.3 is 5.97 Å². The number of aromatic nitrogens is 4. The second-order valence-corrected chi connectivity index (χ2v) is 5.18. The van der Waals surface area contributed by atoms with E-state index in [1.165, 1.54) is 0 Å². The monoisotopic (exact) mass is 328 g/mol. The molecular formula is C16H13ClN4O2. The summed E-state index contributed by atoms with van der Waals surface area (Å²) in [4.78, 5) is 28.6. The molecule has 0 atom stereocenters. The zero-order valence-corrected chi connectivity index (χ0v) is 13.3. The lowest BCUT2D eigenvalue weighted by Crippen LogP contribution is -2.10. The van der Waals surface area contributed by atoms with Crippen molar-refractivity contribution in [1.29, 1.82) is 0 Å². The van der Waals surface area contributed by atoms with E-state index in [2.05, 4.69) is 19.9 Å². The molecule has 23 heavy (non-hydrogen) atoms. The molecule has 0 aliphatic rings. The molecular weight excluding hydrogens is 316 g/mol. The van der Waals surface area contributed by atoms with Crippen molar-refractivity contribution in [1.82, 2.24) is 19.9 Å². The summed E-state index contributed by atoms with van der Waals surface area (Å²) in [6.45, 7) is 3.91. The predicted molar refractivity (Wildman–Crippen MR) is 86.3 cm³/mol. The lowest BCUT2D eigenvalue weighted by molar-refractivity contribution is 0.0512. The summed E-state index contributed by atoms with van der Waals surface area (Å²) < 4.78 is 4.91. The van der Waals surface area contributed by atoms with Crippen molar-refractivity contribution in [2.75, 3.05) is 6.61 Å². The van der Waals surface area contributed by atoms with Crippen LogP contribution in [0.15, 0.2) is 30.6 Å². The second kappa shape index (κ2) is 6.26. The first-order valence-electron chi connectivity index (χ1n) is 7.02. The van der Waals surface area contributed by atoms with Crippen molar-refractivity contribution in [2.24, 2.45) is 0 Å². The predicted octanol–water partition coefficient (Wildman–Crippen LogP) is 3.23. The number of carbonyl (C=O) groups is 1. The number of pyridine rings is 2. The molecule has 3 heterocycles. The van der Waals surface area contributed by atoms with Crippen LogP contribution in [0.1, 0.15) is 23.1 Å². The van der Waals surface area contributed by atoms with Crippen LogP contribution < -0.4 is 0 Å². The fraction of sp³-hybridized carbons (Fsp3) is 0.188. The summed E-state index contributed by atoms with van der Waals surface area (Å²) in [5.41, 5.74) is 3.50. The quantitative estimate of drug-likeness (QED) is 0.542. The number of hydrogen-bond donors (Lipinski definition) is 0. The van der Waals surface area contributed by atoms with E-state index in [0.717, 1.165) is 16.8 Å². The molecule has 0 aromatic carbocycles. The maximum absolute atomic E-state index is 11.8. The molecule has 6 nitrogen and oxygen atoms in total. The maximum atomic E-state index is 11.8.